The van der Waals surface area contributed by atoms with Gasteiger partial charge in [-0.2, -0.15) is 0 Å². The summed E-state index contributed by atoms with van der Waals surface area (Å²) < 4.78 is 27.6. The van der Waals surface area contributed by atoms with Crippen LogP contribution in [-0.2, 0) is 10.0 Å². The van der Waals surface area contributed by atoms with Crippen LogP contribution in [0.15, 0.2) is 78.0 Å². The lowest BCUT2D eigenvalue weighted by molar-refractivity contribution is 0.102. The van der Waals surface area contributed by atoms with Crippen molar-refractivity contribution in [3.63, 3.8) is 0 Å². The maximum absolute atomic E-state index is 12.5. The van der Waals surface area contributed by atoms with Crippen molar-refractivity contribution < 1.29 is 13.2 Å². The molecule has 0 spiro atoms. The zero-order valence-corrected chi connectivity index (χ0v) is 14.8. The Labute approximate surface area is 152 Å². The van der Waals surface area contributed by atoms with Gasteiger partial charge in [0.25, 0.3) is 15.9 Å². The van der Waals surface area contributed by atoms with Crippen LogP contribution in [0.4, 0.5) is 11.4 Å². The third-order valence-electron chi connectivity index (χ3n) is 3.75. The first-order chi connectivity index (χ1) is 12.5. The van der Waals surface area contributed by atoms with Gasteiger partial charge in [0.05, 0.1) is 10.6 Å². The number of aryl methyl sites for hydroxylation is 1. The fourth-order valence-corrected chi connectivity index (χ4v) is 3.45. The van der Waals surface area contributed by atoms with Gasteiger partial charge in [-0.25, -0.2) is 8.42 Å². The third-order valence-corrected chi connectivity index (χ3v) is 5.14. The van der Waals surface area contributed by atoms with Gasteiger partial charge in [-0.05, 0) is 55.0 Å². The van der Waals surface area contributed by atoms with E-state index in [-0.39, 0.29) is 10.8 Å². The first-order valence-electron chi connectivity index (χ1n) is 7.85. The summed E-state index contributed by atoms with van der Waals surface area (Å²) in [7, 11) is -3.70. The van der Waals surface area contributed by atoms with Crippen LogP contribution < -0.4 is 10.0 Å². The van der Waals surface area contributed by atoms with Crippen LogP contribution in [0.2, 0.25) is 0 Å². The second-order valence-electron chi connectivity index (χ2n) is 5.63. The molecule has 2 N–H and O–H groups in total. The van der Waals surface area contributed by atoms with Crippen molar-refractivity contribution in [1.82, 2.24) is 4.98 Å². The van der Waals surface area contributed by atoms with Crippen LogP contribution in [0.5, 0.6) is 0 Å². The van der Waals surface area contributed by atoms with E-state index in [0.29, 0.717) is 16.9 Å². The van der Waals surface area contributed by atoms with Crippen molar-refractivity contribution in [2.45, 2.75) is 11.8 Å². The molecule has 1 heterocycles. The van der Waals surface area contributed by atoms with Crippen molar-refractivity contribution in [2.24, 2.45) is 0 Å². The summed E-state index contributed by atoms with van der Waals surface area (Å²) in [5, 5.41) is 2.71. The molecule has 0 radical (unpaired) electrons. The molecule has 6 nitrogen and oxygen atoms in total. The first kappa shape index (κ1) is 17.6. The van der Waals surface area contributed by atoms with Gasteiger partial charge in [0, 0.05) is 23.6 Å². The number of anilines is 2. The molecule has 0 fully saturated rings. The lowest BCUT2D eigenvalue weighted by Gasteiger charge is -2.11. The highest BCUT2D eigenvalue weighted by atomic mass is 32.2. The summed E-state index contributed by atoms with van der Waals surface area (Å²) in [5.74, 6) is -0.291. The average Bonchev–Trinajstić information content (AvgIpc) is 2.65. The predicted octanol–water partition coefficient (Wildman–Crippen LogP) is 3.44. The number of nitrogens with zero attached hydrogens (tertiary/aromatic N) is 1. The summed E-state index contributed by atoms with van der Waals surface area (Å²) in [4.78, 5) is 16.1. The molecule has 132 valence electrons. The molecule has 3 rings (SSSR count). The Kier molecular flexibility index (Phi) is 4.99. The van der Waals surface area contributed by atoms with E-state index < -0.39 is 10.0 Å². The quantitative estimate of drug-likeness (QED) is 0.723. The lowest BCUT2D eigenvalue weighted by Crippen LogP contribution is -2.14. The van der Waals surface area contributed by atoms with Gasteiger partial charge in [0.1, 0.15) is 0 Å². The maximum Gasteiger partial charge on any atom is 0.261 e. The van der Waals surface area contributed by atoms with Crippen LogP contribution in [0.1, 0.15) is 15.9 Å². The largest absolute Gasteiger partial charge is 0.322 e. The predicted molar refractivity (Wildman–Crippen MR) is 101 cm³/mol. The fraction of sp³-hybridized carbons (Fsp3) is 0.0526. The molecule has 3 aromatic rings. The highest BCUT2D eigenvalue weighted by Gasteiger charge is 2.15. The van der Waals surface area contributed by atoms with Crippen molar-refractivity contribution >= 4 is 27.3 Å². The summed E-state index contributed by atoms with van der Waals surface area (Å²) in [6, 6.07) is 16.3. The van der Waals surface area contributed by atoms with Gasteiger partial charge in [-0.3, -0.25) is 14.5 Å². The number of carbonyl (C=O) groups is 1. The standard InChI is InChI=1S/C19H17N3O3S/c1-14-4-2-3-5-18(14)22-26(24,25)17-8-6-16(7-9-17)21-19(23)15-10-12-20-13-11-15/h2-13,22H,1H3,(H,21,23). The van der Waals surface area contributed by atoms with Gasteiger partial charge in [-0.1, -0.05) is 18.2 Å². The molecule has 0 aliphatic rings. The summed E-state index contributed by atoms with van der Waals surface area (Å²) in [5.41, 5.74) is 2.33. The highest BCUT2D eigenvalue weighted by Crippen LogP contribution is 2.20. The number of para-hydroxylation sites is 1. The minimum atomic E-state index is -3.70. The van der Waals surface area contributed by atoms with Gasteiger partial charge in [0.15, 0.2) is 0 Å². The molecule has 0 aliphatic heterocycles. The zero-order valence-electron chi connectivity index (χ0n) is 14.0. The Morgan fingerprint density at radius 1 is 0.923 bits per heavy atom. The zero-order chi connectivity index (χ0) is 18.6. The molecule has 1 amide bonds. The molecule has 7 heteroatoms. The molecule has 1 aromatic heterocycles. The first-order valence-corrected chi connectivity index (χ1v) is 9.34. The molecule has 0 unspecified atom stereocenters. The van der Waals surface area contributed by atoms with Gasteiger partial charge in [0.2, 0.25) is 0 Å². The highest BCUT2D eigenvalue weighted by molar-refractivity contribution is 7.92. The number of rotatable bonds is 5. The van der Waals surface area contributed by atoms with Crippen molar-refractivity contribution in [3.8, 4) is 0 Å². The Hall–Kier alpha value is -3.19. The van der Waals surface area contributed by atoms with Crippen LogP contribution >= 0.6 is 0 Å². The number of nitrogens with one attached hydrogen (secondary N) is 2. The second-order valence-corrected chi connectivity index (χ2v) is 7.32. The average molecular weight is 367 g/mol. The summed E-state index contributed by atoms with van der Waals surface area (Å²) >= 11 is 0. The summed E-state index contributed by atoms with van der Waals surface area (Å²) in [6.07, 6.45) is 3.06. The third kappa shape index (κ3) is 4.07. The van der Waals surface area contributed by atoms with E-state index in [1.54, 1.807) is 36.4 Å². The van der Waals surface area contributed by atoms with E-state index in [1.807, 2.05) is 19.1 Å². The van der Waals surface area contributed by atoms with Gasteiger partial charge >= 0.3 is 0 Å². The minimum absolute atomic E-state index is 0.114. The van der Waals surface area contributed by atoms with Crippen LogP contribution in [0.3, 0.4) is 0 Å². The van der Waals surface area contributed by atoms with Crippen LogP contribution in [-0.4, -0.2) is 19.3 Å². The number of carbonyl (C=O) groups excluding carboxylic acids is 1. The molecule has 0 aliphatic carbocycles. The number of amides is 1. The number of benzene rings is 2. The number of pyridine rings is 1. The van der Waals surface area contributed by atoms with Crippen molar-refractivity contribution in [1.29, 1.82) is 0 Å². The Morgan fingerprint density at radius 3 is 2.23 bits per heavy atom. The number of hydrogen-bond donors (Lipinski definition) is 2. The minimum Gasteiger partial charge on any atom is -0.322 e. The van der Waals surface area contributed by atoms with Gasteiger partial charge < -0.3 is 5.32 Å². The fourth-order valence-electron chi connectivity index (χ4n) is 2.32. The summed E-state index contributed by atoms with van der Waals surface area (Å²) in [6.45, 7) is 1.83. The Morgan fingerprint density at radius 2 is 1.58 bits per heavy atom. The SMILES string of the molecule is Cc1ccccc1NS(=O)(=O)c1ccc(NC(=O)c2ccncc2)cc1. The van der Waals surface area contributed by atoms with E-state index in [9.17, 15) is 13.2 Å². The molecule has 0 saturated heterocycles. The van der Waals surface area contributed by atoms with Crippen molar-refractivity contribution in [2.75, 3.05) is 10.0 Å². The Balaban J connectivity index is 1.74. The molecule has 2 aromatic carbocycles. The smallest absolute Gasteiger partial charge is 0.261 e. The van der Waals surface area contributed by atoms with E-state index >= 15 is 0 Å². The number of aromatic nitrogens is 1. The normalized spacial score (nSPS) is 11.0. The van der Waals surface area contributed by atoms with Crippen molar-refractivity contribution in [3.05, 3.63) is 84.2 Å². The Bertz CT molecular complexity index is 1020. The number of hydrogen-bond acceptors (Lipinski definition) is 4. The van der Waals surface area contributed by atoms with E-state index in [1.165, 1.54) is 24.5 Å². The second kappa shape index (κ2) is 7.37. The number of sulfonamides is 1. The van der Waals surface area contributed by atoms with E-state index in [2.05, 4.69) is 15.0 Å². The lowest BCUT2D eigenvalue weighted by atomic mass is 10.2. The van der Waals surface area contributed by atoms with Crippen LogP contribution in [0.25, 0.3) is 0 Å². The monoisotopic (exact) mass is 367 g/mol. The molecule has 0 bridgehead atoms. The van der Waals surface area contributed by atoms with E-state index in [0.717, 1.165) is 5.56 Å². The maximum atomic E-state index is 12.5. The molecular weight excluding hydrogens is 350 g/mol. The molecule has 26 heavy (non-hydrogen) atoms. The molecular formula is C19H17N3O3S. The van der Waals surface area contributed by atoms with Crippen LogP contribution in [0, 0.1) is 6.92 Å². The topological polar surface area (TPSA) is 88.2 Å². The van der Waals surface area contributed by atoms with E-state index in [4.69, 9.17) is 0 Å². The molecule has 0 atom stereocenters. The molecule has 0 saturated carbocycles. The van der Waals surface area contributed by atoms with Gasteiger partial charge in [-0.15, -0.1) is 0 Å².